The Bertz CT molecular complexity index is 514. The zero-order valence-electron chi connectivity index (χ0n) is 14.8. The first-order valence-electron chi connectivity index (χ1n) is 8.68. The van der Waals surface area contributed by atoms with Gasteiger partial charge in [-0.1, -0.05) is 13.8 Å². The van der Waals surface area contributed by atoms with Crippen LogP contribution < -0.4 is 10.6 Å². The van der Waals surface area contributed by atoms with Crippen LogP contribution in [-0.4, -0.2) is 56.3 Å². The van der Waals surface area contributed by atoms with Gasteiger partial charge in [0.2, 0.25) is 0 Å². The summed E-state index contributed by atoms with van der Waals surface area (Å²) in [5.41, 5.74) is 0. The van der Waals surface area contributed by atoms with E-state index in [9.17, 15) is 0 Å². The predicted octanol–water partition coefficient (Wildman–Crippen LogP) is 2.92. The van der Waals surface area contributed by atoms with Crippen LogP contribution in [0.1, 0.15) is 25.6 Å². The maximum Gasteiger partial charge on any atom is 0.191 e. The molecule has 0 aromatic carbocycles. The molecule has 1 saturated heterocycles. The second-order valence-electron chi connectivity index (χ2n) is 6.24. The normalized spacial score (nSPS) is 18.0. The van der Waals surface area contributed by atoms with Crippen LogP contribution in [0.4, 0.5) is 0 Å². The first-order chi connectivity index (χ1) is 11.6. The Morgan fingerprint density at radius 3 is 2.67 bits per heavy atom. The van der Waals surface area contributed by atoms with E-state index in [-0.39, 0.29) is 0 Å². The highest BCUT2D eigenvalue weighted by Crippen LogP contribution is 2.22. The number of halogens is 1. The van der Waals surface area contributed by atoms with Crippen molar-refractivity contribution >= 4 is 33.2 Å². The highest BCUT2D eigenvalue weighted by Gasteiger charge is 2.23. The molecule has 2 heterocycles. The summed E-state index contributed by atoms with van der Waals surface area (Å²) in [6.45, 7) is 12.8. The molecule has 0 bridgehead atoms. The van der Waals surface area contributed by atoms with Gasteiger partial charge in [-0.15, -0.1) is 11.3 Å². The van der Waals surface area contributed by atoms with E-state index in [1.807, 2.05) is 0 Å². The number of hydrogen-bond donors (Lipinski definition) is 2. The number of nitrogens with one attached hydrogen (secondary N) is 2. The van der Waals surface area contributed by atoms with Gasteiger partial charge >= 0.3 is 0 Å². The van der Waals surface area contributed by atoms with Gasteiger partial charge in [0, 0.05) is 37.1 Å². The molecule has 24 heavy (non-hydrogen) atoms. The molecule has 7 heteroatoms. The fraction of sp³-hybridized carbons (Fsp3) is 0.706. The lowest BCUT2D eigenvalue weighted by molar-refractivity contribution is 0.00752. The minimum atomic E-state index is 0.494. The van der Waals surface area contributed by atoms with Crippen molar-refractivity contribution in [3.63, 3.8) is 0 Å². The van der Waals surface area contributed by atoms with Gasteiger partial charge in [-0.25, -0.2) is 4.99 Å². The van der Waals surface area contributed by atoms with Crippen molar-refractivity contribution in [3.05, 3.63) is 20.8 Å². The summed E-state index contributed by atoms with van der Waals surface area (Å²) in [6, 6.07) is 4.68. The molecule has 0 saturated carbocycles. The van der Waals surface area contributed by atoms with E-state index in [1.54, 1.807) is 11.3 Å². The van der Waals surface area contributed by atoms with Crippen LogP contribution in [0, 0.1) is 5.92 Å². The average molecular weight is 417 g/mol. The summed E-state index contributed by atoms with van der Waals surface area (Å²) in [5, 5.41) is 6.87. The van der Waals surface area contributed by atoms with Gasteiger partial charge in [-0.3, -0.25) is 4.90 Å². The highest BCUT2D eigenvalue weighted by molar-refractivity contribution is 9.11. The summed E-state index contributed by atoms with van der Waals surface area (Å²) in [5.74, 6) is 1.48. The molecular formula is C17H29BrN4OS. The number of ether oxygens (including phenoxy) is 1. The second kappa shape index (κ2) is 10.4. The summed E-state index contributed by atoms with van der Waals surface area (Å²) in [7, 11) is 0. The molecule has 0 amide bonds. The third-order valence-electron chi connectivity index (χ3n) is 4.13. The van der Waals surface area contributed by atoms with Gasteiger partial charge in [-0.2, -0.15) is 0 Å². The van der Waals surface area contributed by atoms with Crippen molar-refractivity contribution in [1.29, 1.82) is 0 Å². The zero-order chi connectivity index (χ0) is 17.4. The van der Waals surface area contributed by atoms with E-state index in [0.29, 0.717) is 18.5 Å². The summed E-state index contributed by atoms with van der Waals surface area (Å²) >= 11 is 5.23. The van der Waals surface area contributed by atoms with Gasteiger partial charge in [0.05, 0.1) is 23.5 Å². The van der Waals surface area contributed by atoms with E-state index >= 15 is 0 Å². The number of nitrogens with zero attached hydrogens (tertiary/aromatic N) is 2. The van der Waals surface area contributed by atoms with Gasteiger partial charge < -0.3 is 15.4 Å². The predicted molar refractivity (Wildman–Crippen MR) is 106 cm³/mol. The lowest BCUT2D eigenvalue weighted by Crippen LogP contribution is -2.52. The molecule has 1 aromatic rings. The van der Waals surface area contributed by atoms with Crippen molar-refractivity contribution in [3.8, 4) is 0 Å². The quantitative estimate of drug-likeness (QED) is 0.529. The van der Waals surface area contributed by atoms with Crippen LogP contribution in [-0.2, 0) is 11.3 Å². The first kappa shape index (κ1) is 19.7. The molecule has 136 valence electrons. The monoisotopic (exact) mass is 416 g/mol. The molecule has 0 aliphatic carbocycles. The minimum Gasteiger partial charge on any atom is -0.379 e. The first-order valence-corrected chi connectivity index (χ1v) is 10.3. The molecule has 1 aliphatic heterocycles. The molecular weight excluding hydrogens is 388 g/mol. The van der Waals surface area contributed by atoms with E-state index < -0.39 is 0 Å². The number of aliphatic imine (C=N–C) groups is 1. The zero-order valence-corrected chi connectivity index (χ0v) is 17.3. The number of guanidine groups is 1. The maximum atomic E-state index is 5.48. The lowest BCUT2D eigenvalue weighted by atomic mass is 10.0. The Morgan fingerprint density at radius 2 is 2.08 bits per heavy atom. The molecule has 2 N–H and O–H groups in total. The fourth-order valence-corrected chi connectivity index (χ4v) is 4.24. The van der Waals surface area contributed by atoms with Crippen molar-refractivity contribution < 1.29 is 4.74 Å². The van der Waals surface area contributed by atoms with E-state index in [2.05, 4.69) is 64.4 Å². The molecule has 2 rings (SSSR count). The van der Waals surface area contributed by atoms with E-state index in [1.165, 1.54) is 4.88 Å². The SMILES string of the molecule is CCNC(=NCc1ccc(Br)s1)NCC(C(C)C)N1CCOCC1. The molecule has 1 unspecified atom stereocenters. The molecule has 1 atom stereocenters. The Morgan fingerprint density at radius 1 is 1.33 bits per heavy atom. The van der Waals surface area contributed by atoms with Gasteiger partial charge in [0.25, 0.3) is 0 Å². The van der Waals surface area contributed by atoms with Crippen molar-refractivity contribution in [2.24, 2.45) is 10.9 Å². The molecule has 1 fully saturated rings. The molecule has 1 aliphatic rings. The van der Waals surface area contributed by atoms with Crippen LogP contribution in [0.25, 0.3) is 0 Å². The van der Waals surface area contributed by atoms with Gasteiger partial charge in [0.15, 0.2) is 5.96 Å². The van der Waals surface area contributed by atoms with E-state index in [0.717, 1.165) is 49.1 Å². The van der Waals surface area contributed by atoms with Crippen LogP contribution >= 0.6 is 27.3 Å². The topological polar surface area (TPSA) is 48.9 Å². The summed E-state index contributed by atoms with van der Waals surface area (Å²) < 4.78 is 6.63. The van der Waals surface area contributed by atoms with Crippen molar-refractivity contribution in [1.82, 2.24) is 15.5 Å². The minimum absolute atomic E-state index is 0.494. The number of rotatable bonds is 7. The molecule has 5 nitrogen and oxygen atoms in total. The third-order valence-corrected chi connectivity index (χ3v) is 5.74. The number of hydrogen-bond acceptors (Lipinski definition) is 4. The molecule has 0 spiro atoms. The van der Waals surface area contributed by atoms with Crippen LogP contribution in [0.2, 0.25) is 0 Å². The van der Waals surface area contributed by atoms with Gasteiger partial charge in [-0.05, 0) is 40.9 Å². The van der Waals surface area contributed by atoms with Gasteiger partial charge in [0.1, 0.15) is 0 Å². The lowest BCUT2D eigenvalue weighted by Gasteiger charge is -2.37. The molecule has 0 radical (unpaired) electrons. The second-order valence-corrected chi connectivity index (χ2v) is 8.79. The maximum absolute atomic E-state index is 5.48. The van der Waals surface area contributed by atoms with Crippen LogP contribution in [0.3, 0.4) is 0 Å². The van der Waals surface area contributed by atoms with Crippen molar-refractivity contribution in [2.45, 2.75) is 33.4 Å². The van der Waals surface area contributed by atoms with E-state index in [4.69, 9.17) is 9.73 Å². The van der Waals surface area contributed by atoms with Crippen molar-refractivity contribution in [2.75, 3.05) is 39.4 Å². The van der Waals surface area contributed by atoms with Crippen LogP contribution in [0.15, 0.2) is 20.9 Å². The Balaban J connectivity index is 1.92. The summed E-state index contributed by atoms with van der Waals surface area (Å²) in [4.78, 5) is 8.50. The Labute approximate surface area is 158 Å². The third kappa shape index (κ3) is 6.35. The number of thiophene rings is 1. The Hall–Kier alpha value is -0.630. The fourth-order valence-electron chi connectivity index (χ4n) is 2.83. The largest absolute Gasteiger partial charge is 0.379 e. The smallest absolute Gasteiger partial charge is 0.191 e. The molecule has 1 aromatic heterocycles. The summed E-state index contributed by atoms with van der Waals surface area (Å²) in [6.07, 6.45) is 0. The Kier molecular flexibility index (Phi) is 8.52. The highest BCUT2D eigenvalue weighted by atomic mass is 79.9. The van der Waals surface area contributed by atoms with Crippen LogP contribution in [0.5, 0.6) is 0 Å². The standard InChI is InChI=1S/C17H29BrN4OS/c1-4-19-17(20-11-14-5-6-16(18)24-14)21-12-15(13(2)3)22-7-9-23-10-8-22/h5-6,13,15H,4,7-12H2,1-3H3,(H2,19,20,21). The average Bonchev–Trinajstić information content (AvgIpc) is 2.99. The number of morpholine rings is 1.